The molecule has 0 aliphatic carbocycles. The number of nitrogens with one attached hydrogen (secondary N) is 1. The smallest absolute Gasteiger partial charge is 0.264 e. The van der Waals surface area contributed by atoms with Crippen LogP contribution in [0.5, 0.6) is 0 Å². The fourth-order valence-corrected chi connectivity index (χ4v) is 5.80. The van der Waals surface area contributed by atoms with Gasteiger partial charge in [-0.1, -0.05) is 66.5 Å². The van der Waals surface area contributed by atoms with E-state index in [0.29, 0.717) is 29.4 Å². The number of likely N-dealkylation sites (N-methyl/N-ethyl adjacent to an activating group) is 1. The topological polar surface area (TPSA) is 86.8 Å². The van der Waals surface area contributed by atoms with E-state index in [9.17, 15) is 18.0 Å². The number of anilines is 1. The van der Waals surface area contributed by atoms with Gasteiger partial charge in [-0.2, -0.15) is 0 Å². The Morgan fingerprint density at radius 3 is 2.18 bits per heavy atom. The number of rotatable bonds is 12. The molecule has 0 heterocycles. The molecule has 10 heteroatoms. The van der Waals surface area contributed by atoms with Crippen LogP contribution in [0.3, 0.4) is 0 Å². The van der Waals surface area contributed by atoms with Gasteiger partial charge in [0.2, 0.25) is 11.8 Å². The van der Waals surface area contributed by atoms with Gasteiger partial charge in [-0.05, 0) is 67.8 Å². The first-order chi connectivity index (χ1) is 18.2. The van der Waals surface area contributed by atoms with Crippen LogP contribution in [0.25, 0.3) is 0 Å². The van der Waals surface area contributed by atoms with Crippen LogP contribution in [-0.2, 0) is 26.0 Å². The SMILES string of the molecule is CCNC(=O)[C@@H](CC)N(CCc1ccccc1)C(=O)CN(c1cccc(Cl)c1)S(=O)(=O)c1ccc(Cl)cc1. The Balaban J connectivity index is 2.00. The van der Waals surface area contributed by atoms with Gasteiger partial charge in [0.15, 0.2) is 0 Å². The Hall–Kier alpha value is -3.07. The summed E-state index contributed by atoms with van der Waals surface area (Å²) in [6.07, 6.45) is 0.872. The van der Waals surface area contributed by atoms with Crippen molar-refractivity contribution in [3.05, 3.63) is 94.5 Å². The number of hydrogen-bond donors (Lipinski definition) is 1. The molecule has 7 nitrogen and oxygen atoms in total. The maximum Gasteiger partial charge on any atom is 0.264 e. The van der Waals surface area contributed by atoms with Crippen molar-refractivity contribution in [2.45, 2.75) is 37.6 Å². The summed E-state index contributed by atoms with van der Waals surface area (Å²) in [5.41, 5.74) is 1.23. The quantitative estimate of drug-likeness (QED) is 0.322. The second-order valence-corrected chi connectivity index (χ2v) is 11.3. The molecule has 0 aliphatic rings. The van der Waals surface area contributed by atoms with E-state index in [2.05, 4.69) is 5.32 Å². The van der Waals surface area contributed by atoms with Crippen molar-refractivity contribution in [3.8, 4) is 0 Å². The van der Waals surface area contributed by atoms with E-state index in [0.717, 1.165) is 9.87 Å². The predicted octanol–water partition coefficient (Wildman–Crippen LogP) is 5.17. The number of carbonyl (C=O) groups is 2. The van der Waals surface area contributed by atoms with E-state index >= 15 is 0 Å². The zero-order valence-electron chi connectivity index (χ0n) is 21.3. The minimum absolute atomic E-state index is 0.0266. The summed E-state index contributed by atoms with van der Waals surface area (Å²) < 4.78 is 28.5. The van der Waals surface area contributed by atoms with E-state index in [-0.39, 0.29) is 23.0 Å². The molecular weight excluding hydrogens is 545 g/mol. The van der Waals surface area contributed by atoms with Gasteiger partial charge in [0, 0.05) is 23.1 Å². The van der Waals surface area contributed by atoms with Gasteiger partial charge in [0.05, 0.1) is 10.6 Å². The van der Waals surface area contributed by atoms with E-state index < -0.39 is 28.5 Å². The lowest BCUT2D eigenvalue weighted by atomic mass is 10.1. The Bertz CT molecular complexity index is 1340. The molecule has 0 aliphatic heterocycles. The van der Waals surface area contributed by atoms with Crippen LogP contribution in [0.2, 0.25) is 10.0 Å². The highest BCUT2D eigenvalue weighted by molar-refractivity contribution is 7.92. The van der Waals surface area contributed by atoms with Crippen LogP contribution in [0.4, 0.5) is 5.69 Å². The lowest BCUT2D eigenvalue weighted by Crippen LogP contribution is -2.53. The van der Waals surface area contributed by atoms with Crippen molar-refractivity contribution in [2.75, 3.05) is 23.9 Å². The van der Waals surface area contributed by atoms with Gasteiger partial charge in [-0.3, -0.25) is 13.9 Å². The molecule has 0 radical (unpaired) electrons. The minimum Gasteiger partial charge on any atom is -0.355 e. The minimum atomic E-state index is -4.18. The second-order valence-electron chi connectivity index (χ2n) is 8.59. The van der Waals surface area contributed by atoms with E-state index in [1.54, 1.807) is 25.1 Å². The van der Waals surface area contributed by atoms with Crippen molar-refractivity contribution in [1.82, 2.24) is 10.2 Å². The summed E-state index contributed by atoms with van der Waals surface area (Å²) in [5, 5.41) is 3.49. The molecule has 0 saturated carbocycles. The fourth-order valence-electron chi connectivity index (χ4n) is 4.08. The van der Waals surface area contributed by atoms with Gasteiger partial charge in [0.25, 0.3) is 10.0 Å². The third kappa shape index (κ3) is 7.49. The van der Waals surface area contributed by atoms with Gasteiger partial charge in [-0.15, -0.1) is 0 Å². The summed E-state index contributed by atoms with van der Waals surface area (Å²) in [6, 6.07) is 20.8. The van der Waals surface area contributed by atoms with Crippen LogP contribution >= 0.6 is 23.2 Å². The number of benzene rings is 3. The summed E-state index contributed by atoms with van der Waals surface area (Å²) in [7, 11) is -4.18. The molecule has 0 saturated heterocycles. The lowest BCUT2D eigenvalue weighted by molar-refractivity contribution is -0.139. The van der Waals surface area contributed by atoms with Gasteiger partial charge < -0.3 is 10.2 Å². The van der Waals surface area contributed by atoms with Crippen LogP contribution in [0.15, 0.2) is 83.8 Å². The first-order valence-corrected chi connectivity index (χ1v) is 14.5. The van der Waals surface area contributed by atoms with Gasteiger partial charge in [-0.25, -0.2) is 8.42 Å². The summed E-state index contributed by atoms with van der Waals surface area (Å²) in [4.78, 5) is 28.2. The number of nitrogens with zero attached hydrogens (tertiary/aromatic N) is 2. The average molecular weight is 577 g/mol. The number of sulfonamides is 1. The maximum atomic E-state index is 13.9. The largest absolute Gasteiger partial charge is 0.355 e. The molecule has 0 unspecified atom stereocenters. The molecule has 3 rings (SSSR count). The normalized spacial score (nSPS) is 12.0. The molecule has 0 fully saturated rings. The van der Waals surface area contributed by atoms with Crippen molar-refractivity contribution in [2.24, 2.45) is 0 Å². The number of carbonyl (C=O) groups excluding carboxylic acids is 2. The third-order valence-electron chi connectivity index (χ3n) is 6.00. The van der Waals surface area contributed by atoms with Crippen LogP contribution in [0.1, 0.15) is 25.8 Å². The monoisotopic (exact) mass is 575 g/mol. The molecule has 3 aromatic rings. The average Bonchev–Trinajstić information content (AvgIpc) is 2.90. The first kappa shape index (κ1) is 29.5. The van der Waals surface area contributed by atoms with Gasteiger partial charge >= 0.3 is 0 Å². The molecule has 38 heavy (non-hydrogen) atoms. The summed E-state index contributed by atoms with van der Waals surface area (Å²) >= 11 is 12.2. The highest BCUT2D eigenvalue weighted by Crippen LogP contribution is 2.27. The second kappa shape index (κ2) is 13.6. The fraction of sp³-hybridized carbons (Fsp3) is 0.286. The molecule has 0 aromatic heterocycles. The summed E-state index contributed by atoms with van der Waals surface area (Å²) in [5.74, 6) is -0.789. The summed E-state index contributed by atoms with van der Waals surface area (Å²) in [6.45, 7) is 3.76. The van der Waals surface area contributed by atoms with Crippen molar-refractivity contribution >= 4 is 50.7 Å². The molecule has 2 amide bonds. The molecule has 0 spiro atoms. The van der Waals surface area contributed by atoms with E-state index in [1.807, 2.05) is 37.3 Å². The Kier molecular flexibility index (Phi) is 10.6. The number of amides is 2. The molecule has 1 atom stereocenters. The third-order valence-corrected chi connectivity index (χ3v) is 8.27. The first-order valence-electron chi connectivity index (χ1n) is 12.3. The lowest BCUT2D eigenvalue weighted by Gasteiger charge is -2.33. The van der Waals surface area contributed by atoms with E-state index in [1.165, 1.54) is 35.2 Å². The molecular formula is C28H31Cl2N3O4S. The molecule has 3 aromatic carbocycles. The molecule has 1 N–H and O–H groups in total. The molecule has 0 bridgehead atoms. The highest BCUT2D eigenvalue weighted by Gasteiger charge is 2.33. The Morgan fingerprint density at radius 2 is 1.58 bits per heavy atom. The van der Waals surface area contributed by atoms with Crippen molar-refractivity contribution < 1.29 is 18.0 Å². The van der Waals surface area contributed by atoms with Crippen LogP contribution in [0, 0.1) is 0 Å². The van der Waals surface area contributed by atoms with Crippen LogP contribution in [-0.4, -0.2) is 50.8 Å². The van der Waals surface area contributed by atoms with Crippen molar-refractivity contribution in [3.63, 3.8) is 0 Å². The Morgan fingerprint density at radius 1 is 0.895 bits per heavy atom. The van der Waals surface area contributed by atoms with Gasteiger partial charge in [0.1, 0.15) is 12.6 Å². The number of halogens is 2. The van der Waals surface area contributed by atoms with E-state index in [4.69, 9.17) is 23.2 Å². The standard InChI is InChI=1S/C28H31Cl2N3O4S/c1-3-26(28(35)31-4-2)32(18-17-21-9-6-5-7-10-21)27(34)20-33(24-12-8-11-23(30)19-24)38(36,37)25-15-13-22(29)14-16-25/h5-16,19,26H,3-4,17-18,20H2,1-2H3,(H,31,35)/t26-/m1/s1. The Labute approximate surface area is 234 Å². The zero-order chi connectivity index (χ0) is 27.7. The predicted molar refractivity (Wildman–Crippen MR) is 152 cm³/mol. The zero-order valence-corrected chi connectivity index (χ0v) is 23.6. The highest BCUT2D eigenvalue weighted by atomic mass is 35.5. The molecule has 202 valence electrons. The number of hydrogen-bond acceptors (Lipinski definition) is 4. The van der Waals surface area contributed by atoms with Crippen LogP contribution < -0.4 is 9.62 Å². The van der Waals surface area contributed by atoms with Crippen molar-refractivity contribution in [1.29, 1.82) is 0 Å². The maximum absolute atomic E-state index is 13.9.